The van der Waals surface area contributed by atoms with Crippen LogP contribution in [0.5, 0.6) is 0 Å². The van der Waals surface area contributed by atoms with E-state index in [4.69, 9.17) is 0 Å². The van der Waals surface area contributed by atoms with Gasteiger partial charge < -0.3 is 0 Å². The molecule has 0 spiro atoms. The third-order valence-electron chi connectivity index (χ3n) is 1.28. The van der Waals surface area contributed by atoms with E-state index in [9.17, 15) is 0 Å². The van der Waals surface area contributed by atoms with Crippen LogP contribution in [0.25, 0.3) is 0 Å². The second kappa shape index (κ2) is 4.11. The molecular weight excluding hydrogens is 221 g/mol. The minimum absolute atomic E-state index is 0. The van der Waals surface area contributed by atoms with Crippen LogP contribution in [-0.4, -0.2) is 0 Å². The first-order valence-electron chi connectivity index (χ1n) is 3.15. The van der Waals surface area contributed by atoms with E-state index in [1.807, 2.05) is 0 Å². The molecule has 50 valence electrons. The molecule has 0 radical (unpaired) electrons. The molecule has 0 aliphatic rings. The maximum atomic E-state index is 3.21. The van der Waals surface area contributed by atoms with E-state index in [2.05, 4.69) is 39.0 Å². The third kappa shape index (κ3) is 2.82. The van der Waals surface area contributed by atoms with Crippen LogP contribution in [0.3, 0.4) is 0 Å². The Balaban J connectivity index is 0.000000810. The predicted octanol–water partition coefficient (Wildman–Crippen LogP) is 2.41. The van der Waals surface area contributed by atoms with E-state index in [1.54, 1.807) is 0 Å². The molecule has 0 unspecified atom stereocenters. The van der Waals surface area contributed by atoms with Crippen molar-refractivity contribution in [3.8, 4) is 0 Å². The zero-order valence-corrected chi connectivity index (χ0v) is 10.9. The molecule has 0 nitrogen and oxygen atoms in total. The first-order chi connectivity index (χ1) is 4.18. The van der Waals surface area contributed by atoms with E-state index in [-0.39, 0.29) is 27.3 Å². The van der Waals surface area contributed by atoms with Gasteiger partial charge in [0, 0.05) is 27.3 Å². The summed E-state index contributed by atoms with van der Waals surface area (Å²) in [5, 5.41) is 0. The van der Waals surface area contributed by atoms with Gasteiger partial charge in [0.15, 0.2) is 0 Å². The summed E-state index contributed by atoms with van der Waals surface area (Å²) in [5.74, 6) is 0. The fourth-order valence-corrected chi connectivity index (χ4v) is 1.11. The Morgan fingerprint density at radius 3 is 1.70 bits per heavy atom. The Bertz CT molecular complexity index is 165. The van der Waals surface area contributed by atoms with Crippen molar-refractivity contribution in [1.29, 1.82) is 0 Å². The van der Waals surface area contributed by atoms with Crippen molar-refractivity contribution >= 4 is 0 Å². The SMILES string of the molecule is Cc1[c-]c(C)cc(C)c1.[Cd]. The van der Waals surface area contributed by atoms with Crippen molar-refractivity contribution in [2.24, 2.45) is 0 Å². The van der Waals surface area contributed by atoms with Crippen molar-refractivity contribution in [2.75, 3.05) is 0 Å². The van der Waals surface area contributed by atoms with Crippen LogP contribution >= 0.6 is 0 Å². The molecule has 1 aromatic carbocycles. The maximum absolute atomic E-state index is 3.21. The molecule has 0 atom stereocenters. The molecule has 0 heterocycles. The van der Waals surface area contributed by atoms with Gasteiger partial charge in [0.1, 0.15) is 0 Å². The number of hydrogen-bond acceptors (Lipinski definition) is 0. The summed E-state index contributed by atoms with van der Waals surface area (Å²) in [5.41, 5.74) is 3.78. The van der Waals surface area contributed by atoms with Crippen molar-refractivity contribution in [3.63, 3.8) is 0 Å². The fraction of sp³-hybridized carbons (Fsp3) is 0.333. The Hall–Kier alpha value is 0.142. The van der Waals surface area contributed by atoms with Crippen molar-refractivity contribution in [2.45, 2.75) is 20.8 Å². The van der Waals surface area contributed by atoms with E-state index >= 15 is 0 Å². The Kier molecular flexibility index (Phi) is 4.17. The van der Waals surface area contributed by atoms with E-state index in [0.29, 0.717) is 0 Å². The van der Waals surface area contributed by atoms with Gasteiger partial charge in [-0.2, -0.15) is 34.9 Å². The average molecular weight is 232 g/mol. The first-order valence-corrected chi connectivity index (χ1v) is 3.15. The van der Waals surface area contributed by atoms with Crippen molar-refractivity contribution in [1.82, 2.24) is 0 Å². The Morgan fingerprint density at radius 1 is 1.00 bits per heavy atom. The standard InChI is InChI=1S/C9H11.Cd/c1-7-4-8(2)6-9(3)5-7;/h4-5H,1-3H3;/q-1;. The van der Waals surface area contributed by atoms with Crippen LogP contribution in [-0.2, 0) is 27.3 Å². The second-order valence-electron chi connectivity index (χ2n) is 2.52. The second-order valence-corrected chi connectivity index (χ2v) is 2.52. The normalized spacial score (nSPS) is 8.70. The molecule has 1 heteroatoms. The number of aryl methyl sites for hydroxylation is 3. The van der Waals surface area contributed by atoms with E-state index in [0.717, 1.165) is 0 Å². The molecule has 0 bridgehead atoms. The van der Waals surface area contributed by atoms with Gasteiger partial charge in [-0.05, 0) is 0 Å². The molecule has 0 aliphatic heterocycles. The quantitative estimate of drug-likeness (QED) is 0.475. The zero-order chi connectivity index (χ0) is 6.85. The Labute approximate surface area is 82.8 Å². The fourth-order valence-electron chi connectivity index (χ4n) is 1.11. The summed E-state index contributed by atoms with van der Waals surface area (Å²) in [6.07, 6.45) is 0. The maximum Gasteiger partial charge on any atom is 0 e. The van der Waals surface area contributed by atoms with Gasteiger partial charge in [0.2, 0.25) is 0 Å². The molecule has 0 aromatic heterocycles. The van der Waals surface area contributed by atoms with Gasteiger partial charge >= 0.3 is 0 Å². The monoisotopic (exact) mass is 233 g/mol. The molecule has 0 N–H and O–H groups in total. The van der Waals surface area contributed by atoms with Gasteiger partial charge in [-0.25, -0.2) is 0 Å². The Morgan fingerprint density at radius 2 is 1.40 bits per heavy atom. The molecule has 0 amide bonds. The smallest absolute Gasteiger partial charge is 0 e. The van der Waals surface area contributed by atoms with Gasteiger partial charge in [0.05, 0.1) is 0 Å². The minimum Gasteiger partial charge on any atom is -0.177 e. The average Bonchev–Trinajstić information content (AvgIpc) is 1.59. The molecule has 1 aromatic rings. The first kappa shape index (κ1) is 10.1. The predicted molar refractivity (Wildman–Crippen MR) is 39.5 cm³/mol. The van der Waals surface area contributed by atoms with Gasteiger partial charge in [-0.3, -0.25) is 0 Å². The van der Waals surface area contributed by atoms with Crippen LogP contribution in [0.15, 0.2) is 12.1 Å². The van der Waals surface area contributed by atoms with Gasteiger partial charge in [0.25, 0.3) is 0 Å². The number of hydrogen-bond donors (Lipinski definition) is 0. The van der Waals surface area contributed by atoms with Crippen LogP contribution < -0.4 is 0 Å². The summed E-state index contributed by atoms with van der Waals surface area (Å²) in [6.45, 7) is 6.24. The molecule has 1 rings (SSSR count). The third-order valence-corrected chi connectivity index (χ3v) is 1.28. The summed E-state index contributed by atoms with van der Waals surface area (Å²) in [6, 6.07) is 7.47. The summed E-state index contributed by atoms with van der Waals surface area (Å²) >= 11 is 0. The number of benzene rings is 1. The van der Waals surface area contributed by atoms with E-state index in [1.165, 1.54) is 16.7 Å². The van der Waals surface area contributed by atoms with E-state index < -0.39 is 0 Å². The van der Waals surface area contributed by atoms with Crippen LogP contribution in [0.2, 0.25) is 0 Å². The van der Waals surface area contributed by atoms with Crippen LogP contribution in [0, 0.1) is 26.8 Å². The van der Waals surface area contributed by atoms with Gasteiger partial charge in [-0.15, -0.1) is 0 Å². The van der Waals surface area contributed by atoms with Crippen LogP contribution in [0.4, 0.5) is 0 Å². The van der Waals surface area contributed by atoms with Crippen LogP contribution in [0.1, 0.15) is 16.7 Å². The summed E-state index contributed by atoms with van der Waals surface area (Å²) in [7, 11) is 0. The molecule has 10 heavy (non-hydrogen) atoms. The number of rotatable bonds is 0. The largest absolute Gasteiger partial charge is 0.177 e. The zero-order valence-electron chi connectivity index (χ0n) is 6.86. The van der Waals surface area contributed by atoms with Gasteiger partial charge in [-0.1, -0.05) is 20.8 Å². The van der Waals surface area contributed by atoms with Crippen molar-refractivity contribution in [3.05, 3.63) is 34.9 Å². The summed E-state index contributed by atoms with van der Waals surface area (Å²) in [4.78, 5) is 0. The molecular formula is C9H11Cd-. The topological polar surface area (TPSA) is 0 Å². The summed E-state index contributed by atoms with van der Waals surface area (Å²) < 4.78 is 0. The van der Waals surface area contributed by atoms with Crippen molar-refractivity contribution < 1.29 is 27.3 Å². The molecule has 0 saturated carbocycles. The molecule has 0 saturated heterocycles. The molecule has 0 fully saturated rings. The minimum atomic E-state index is 0. The molecule has 0 aliphatic carbocycles.